The van der Waals surface area contributed by atoms with E-state index in [0.717, 1.165) is 25.8 Å². The Morgan fingerprint density at radius 2 is 1.76 bits per heavy atom. The minimum absolute atomic E-state index is 0. The first-order valence-electron chi connectivity index (χ1n) is 24.9. The Hall–Kier alpha value is -5.97. The summed E-state index contributed by atoms with van der Waals surface area (Å²) >= 11 is 4.94. The maximum atomic E-state index is 14.9. The maximum Gasteiger partial charge on any atom is 0.343 e. The molecule has 0 fully saturated rings. The molecule has 2 aliphatic rings. The number of aromatic nitrogens is 7. The van der Waals surface area contributed by atoms with E-state index in [1.807, 2.05) is 19.0 Å². The molecule has 24 heteroatoms. The standard InChI is InChI=1S/C52H63FN12O9S.Tb/c1-7-52(72)37-21-42-46-35(26-65(42)49(70)36(37)28-74-50(52)71)33(34-20-31(4)38(53)22-40(34)58-46)14-13-19-73-29-57-44(67)25-54-47(68)39(15-10-12-17-63(5)6)59-48(69)45(30(2)3)60-43(66)16-9-8-11-18-64-27-41(61-62-64)32-23-55-51(75)56-24-32;/h20-24,27,30,39,45,72H,7-12,15-19,25-26,28-29H2,1-6H3,(H,54,68)(H,57,67)(H,59,69)(H,60,66)(H,55,56,75);/p-1/t39-,45-,52-;/m0./s1. The summed E-state index contributed by atoms with van der Waals surface area (Å²) in [5.74, 6) is 2.48. The van der Waals surface area contributed by atoms with Crippen LogP contribution in [0.4, 0.5) is 4.39 Å². The number of pyridine rings is 2. The Morgan fingerprint density at radius 3 is 2.49 bits per heavy atom. The van der Waals surface area contributed by atoms with Crippen molar-refractivity contribution in [1.29, 1.82) is 0 Å². The SMILES string of the molecule is CC[C@@]1(O)C(=O)OCc2c1cc1n(c2=O)Cc2c-1nc1cc(F)c(C)cc1c2C#CCOCNC(=O)CNC(=O)[C@H](CCCCN(C)C)NC(=O)[C@@H](NC(=O)CCCCCn1cc(-c2cnc([S-])nc2)nn1)C(C)C.[Tb]. The van der Waals surface area contributed by atoms with Gasteiger partial charge in [-0.15, -0.1) is 5.10 Å². The van der Waals surface area contributed by atoms with E-state index < -0.39 is 59.3 Å². The van der Waals surface area contributed by atoms with Crippen LogP contribution in [0, 0.1) is 69.1 Å². The van der Waals surface area contributed by atoms with Gasteiger partial charge in [-0.2, -0.15) is 0 Å². The Labute approximate surface area is 475 Å². The third kappa shape index (κ3) is 14.3. The first kappa shape index (κ1) is 59.3. The van der Waals surface area contributed by atoms with Crippen LogP contribution < -0.4 is 26.8 Å². The van der Waals surface area contributed by atoms with Crippen LogP contribution >= 0.6 is 0 Å². The van der Waals surface area contributed by atoms with Crippen molar-refractivity contribution in [2.45, 2.75) is 122 Å². The summed E-state index contributed by atoms with van der Waals surface area (Å²) in [6, 6.07) is 2.59. The van der Waals surface area contributed by atoms with Gasteiger partial charge in [0.15, 0.2) is 5.60 Å². The van der Waals surface area contributed by atoms with Crippen LogP contribution in [0.25, 0.3) is 33.5 Å². The minimum Gasteiger partial charge on any atom is -0.740 e. The number of nitrogens with one attached hydrogen (secondary N) is 4. The number of fused-ring (bicyclic) bond motifs is 5. The number of unbranched alkanes of at least 4 members (excludes halogenated alkanes) is 3. The second-order valence-electron chi connectivity index (χ2n) is 19.2. The van der Waals surface area contributed by atoms with Crippen molar-refractivity contribution in [2.24, 2.45) is 5.92 Å². The second kappa shape index (κ2) is 26.9. The van der Waals surface area contributed by atoms with Crippen LogP contribution in [0.3, 0.4) is 0 Å². The number of aryl methyl sites for hydroxylation is 2. The molecule has 407 valence electrons. The fraction of sp³-hybridized carbons (Fsp3) is 0.481. The Bertz CT molecular complexity index is 3090. The van der Waals surface area contributed by atoms with E-state index in [1.54, 1.807) is 63.1 Å². The second-order valence-corrected chi connectivity index (χ2v) is 19.6. The zero-order chi connectivity index (χ0) is 54.0. The Morgan fingerprint density at radius 1 is 1.00 bits per heavy atom. The quantitative estimate of drug-likeness (QED) is 0.0154. The monoisotopic (exact) mass is 1210 g/mol. The zero-order valence-electron chi connectivity index (χ0n) is 43.2. The van der Waals surface area contributed by atoms with E-state index in [1.165, 1.54) is 10.6 Å². The predicted octanol–water partition coefficient (Wildman–Crippen LogP) is 2.66. The Kier molecular flexibility index (Phi) is 21.0. The number of cyclic esters (lactones) is 1. The number of carbonyl (C=O) groups is 5. The van der Waals surface area contributed by atoms with Crippen LogP contribution in [-0.4, -0.2) is 127 Å². The van der Waals surface area contributed by atoms with E-state index in [4.69, 9.17) is 27.1 Å². The van der Waals surface area contributed by atoms with Gasteiger partial charge in [0.05, 0.1) is 41.8 Å². The molecule has 1 radical (unpaired) electrons. The van der Waals surface area contributed by atoms with Gasteiger partial charge in [0.1, 0.15) is 43.5 Å². The molecular weight excluding hydrogens is 1150 g/mol. The molecule has 0 bridgehead atoms. The summed E-state index contributed by atoms with van der Waals surface area (Å²) < 4.78 is 28.9. The fourth-order valence-corrected chi connectivity index (χ4v) is 8.98. The van der Waals surface area contributed by atoms with Crippen LogP contribution in [0.1, 0.15) is 100.0 Å². The molecule has 2 aliphatic heterocycles. The molecule has 5 aromatic rings. The van der Waals surface area contributed by atoms with Crippen molar-refractivity contribution in [2.75, 3.05) is 40.5 Å². The van der Waals surface area contributed by atoms with Crippen molar-refractivity contribution >= 4 is 53.1 Å². The fourth-order valence-electron chi connectivity index (χ4n) is 8.88. The third-order valence-corrected chi connectivity index (χ3v) is 13.4. The molecule has 4 amide bonds. The number of aliphatic hydroxyl groups is 1. The molecule has 1 aromatic carbocycles. The topological polar surface area (TPSA) is 267 Å². The van der Waals surface area contributed by atoms with Crippen molar-refractivity contribution in [1.82, 2.24) is 60.7 Å². The van der Waals surface area contributed by atoms with Gasteiger partial charge in [0.2, 0.25) is 23.6 Å². The summed E-state index contributed by atoms with van der Waals surface area (Å²) in [5.41, 5.74) is 1.56. The average Bonchev–Trinajstić information content (AvgIpc) is 4.12. The molecule has 0 saturated carbocycles. The molecule has 7 rings (SSSR count). The molecule has 0 spiro atoms. The Balaban J connectivity index is 0.00000937. The summed E-state index contributed by atoms with van der Waals surface area (Å²) in [7, 11) is 3.88. The summed E-state index contributed by atoms with van der Waals surface area (Å²) in [5, 5.41) is 31.3. The number of rotatable bonds is 23. The average molecular weight is 1210 g/mol. The largest absolute Gasteiger partial charge is 0.740 e. The number of esters is 1. The van der Waals surface area contributed by atoms with Gasteiger partial charge in [-0.1, -0.05) is 44.2 Å². The number of nitrogens with zero attached hydrogens (tertiary/aromatic N) is 8. The molecule has 0 aliphatic carbocycles. The minimum atomic E-state index is -2.02. The summed E-state index contributed by atoms with van der Waals surface area (Å²) in [6.45, 7) is 7.14. The molecule has 5 N–H and O–H groups in total. The molecule has 6 heterocycles. The van der Waals surface area contributed by atoms with Gasteiger partial charge >= 0.3 is 5.97 Å². The smallest absolute Gasteiger partial charge is 0.343 e. The molecule has 0 unspecified atom stereocenters. The van der Waals surface area contributed by atoms with Crippen LogP contribution in [0.5, 0.6) is 0 Å². The van der Waals surface area contributed by atoms with Gasteiger partial charge < -0.3 is 57.9 Å². The molecule has 3 atom stereocenters. The summed E-state index contributed by atoms with van der Waals surface area (Å²) in [6.07, 6.45) is 8.86. The number of carbonyl (C=O) groups excluding carboxylic acids is 5. The van der Waals surface area contributed by atoms with Crippen molar-refractivity contribution in [3.63, 3.8) is 0 Å². The first-order chi connectivity index (χ1) is 35.9. The first-order valence-corrected chi connectivity index (χ1v) is 25.3. The van der Waals surface area contributed by atoms with Crippen LogP contribution in [0.15, 0.2) is 46.7 Å². The molecule has 0 saturated heterocycles. The third-order valence-electron chi connectivity index (χ3n) is 13.2. The summed E-state index contributed by atoms with van der Waals surface area (Å²) in [4.78, 5) is 94.5. The van der Waals surface area contributed by atoms with E-state index in [-0.39, 0.29) is 112 Å². The van der Waals surface area contributed by atoms with E-state index >= 15 is 0 Å². The molecule has 76 heavy (non-hydrogen) atoms. The maximum absolute atomic E-state index is 14.9. The van der Waals surface area contributed by atoms with Crippen molar-refractivity contribution in [3.05, 3.63) is 80.8 Å². The number of benzene rings is 1. The number of hydrogen-bond acceptors (Lipinski definition) is 16. The van der Waals surface area contributed by atoms with E-state index in [9.17, 15) is 38.3 Å². The number of halogens is 1. The van der Waals surface area contributed by atoms with E-state index in [0.29, 0.717) is 70.5 Å². The molecule has 21 nitrogen and oxygen atoms in total. The van der Waals surface area contributed by atoms with Gasteiger partial charge in [0.25, 0.3) is 5.56 Å². The number of amides is 4. The van der Waals surface area contributed by atoms with Crippen LogP contribution in [0.2, 0.25) is 0 Å². The number of ether oxygens (including phenoxy) is 2. The van der Waals surface area contributed by atoms with Crippen molar-refractivity contribution < 1.29 is 81.6 Å². The van der Waals surface area contributed by atoms with Gasteiger partial charge in [0, 0.05) is 103 Å². The number of hydrogen-bond donors (Lipinski definition) is 5. The van der Waals surface area contributed by atoms with Crippen LogP contribution in [-0.2, 0) is 71.4 Å². The zero-order valence-corrected chi connectivity index (χ0v) is 46.2. The van der Waals surface area contributed by atoms with Gasteiger partial charge in [-0.05, 0) is 89.7 Å². The molecular formula is C52H62FN12O9STb-. The van der Waals surface area contributed by atoms with Gasteiger partial charge in [-0.25, -0.2) is 14.2 Å². The molecule has 4 aromatic heterocycles. The normalized spacial score (nSPS) is 15.1. The van der Waals surface area contributed by atoms with Crippen molar-refractivity contribution in [3.8, 4) is 34.5 Å². The predicted molar refractivity (Wildman–Crippen MR) is 274 cm³/mol. The van der Waals surface area contributed by atoms with Gasteiger partial charge in [-0.3, -0.25) is 38.6 Å². The van der Waals surface area contributed by atoms with E-state index in [2.05, 4.69) is 53.4 Å².